The zero-order chi connectivity index (χ0) is 16.8. The number of methoxy groups -OCH3 is 1. The number of aromatic nitrogens is 3. The van der Waals surface area contributed by atoms with Gasteiger partial charge in [-0.05, 0) is 29.8 Å². The van der Waals surface area contributed by atoms with Crippen LogP contribution < -0.4 is 15.9 Å². The van der Waals surface area contributed by atoms with Crippen molar-refractivity contribution in [2.75, 3.05) is 18.3 Å². The van der Waals surface area contributed by atoms with Gasteiger partial charge in [0.25, 0.3) is 0 Å². The quantitative estimate of drug-likeness (QED) is 0.426. The summed E-state index contributed by atoms with van der Waals surface area (Å²) in [5.41, 5.74) is 10.9. The summed E-state index contributed by atoms with van der Waals surface area (Å²) in [6.07, 6.45) is 1.68. The molecule has 24 heavy (non-hydrogen) atoms. The van der Waals surface area contributed by atoms with Gasteiger partial charge < -0.3 is 10.5 Å². The number of benzene rings is 2. The van der Waals surface area contributed by atoms with Crippen LogP contribution >= 0.6 is 0 Å². The first kappa shape index (κ1) is 15.4. The van der Waals surface area contributed by atoms with Gasteiger partial charge in [-0.15, -0.1) is 0 Å². The predicted molar refractivity (Wildman–Crippen MR) is 93.9 cm³/mol. The van der Waals surface area contributed by atoms with Crippen molar-refractivity contribution in [3.05, 3.63) is 60.2 Å². The Morgan fingerprint density at radius 2 is 1.75 bits per heavy atom. The van der Waals surface area contributed by atoms with Crippen LogP contribution in [0.5, 0.6) is 6.01 Å². The number of hydrogen-bond acceptors (Lipinski definition) is 7. The molecule has 120 valence electrons. The number of nitrogens with one attached hydrogen (secondary N) is 1. The molecule has 0 radical (unpaired) electrons. The van der Waals surface area contributed by atoms with Gasteiger partial charge in [-0.25, -0.2) is 5.43 Å². The summed E-state index contributed by atoms with van der Waals surface area (Å²) in [4.78, 5) is 12.7. The third-order valence-corrected chi connectivity index (χ3v) is 3.14. The molecule has 3 N–H and O–H groups in total. The van der Waals surface area contributed by atoms with Crippen molar-refractivity contribution < 1.29 is 4.74 Å². The maximum atomic E-state index is 5.70. The van der Waals surface area contributed by atoms with Gasteiger partial charge in [-0.1, -0.05) is 30.3 Å². The molecule has 0 saturated carbocycles. The highest BCUT2D eigenvalue weighted by Crippen LogP contribution is 2.19. The average Bonchev–Trinajstić information content (AvgIpc) is 2.63. The largest absolute Gasteiger partial charge is 0.467 e. The predicted octanol–water partition coefficient (Wildman–Crippen LogP) is 2.58. The molecule has 0 bridgehead atoms. The van der Waals surface area contributed by atoms with E-state index in [4.69, 9.17) is 10.5 Å². The molecule has 0 aliphatic carbocycles. The standard InChI is InChI=1S/C17H16N6O/c1-24-17-21-15(13-7-9-14(18)10-8-13)20-16(22-17)23-19-11-12-5-3-2-4-6-12/h2-11H,18H2,1H3,(H,20,21,22,23)/b19-11+. The molecule has 0 unspecified atom stereocenters. The topological polar surface area (TPSA) is 98.3 Å². The van der Waals surface area contributed by atoms with E-state index >= 15 is 0 Å². The van der Waals surface area contributed by atoms with Crippen LogP contribution in [0.3, 0.4) is 0 Å². The number of rotatable bonds is 5. The van der Waals surface area contributed by atoms with Crippen LogP contribution in [0.4, 0.5) is 11.6 Å². The maximum Gasteiger partial charge on any atom is 0.321 e. The van der Waals surface area contributed by atoms with Gasteiger partial charge >= 0.3 is 6.01 Å². The van der Waals surface area contributed by atoms with Gasteiger partial charge in [0.2, 0.25) is 5.95 Å². The molecular formula is C17H16N6O. The Morgan fingerprint density at radius 3 is 2.46 bits per heavy atom. The molecule has 3 rings (SSSR count). The van der Waals surface area contributed by atoms with E-state index in [9.17, 15) is 0 Å². The minimum absolute atomic E-state index is 0.203. The van der Waals surface area contributed by atoms with Crippen LogP contribution in [0.25, 0.3) is 11.4 Å². The molecule has 3 aromatic rings. The Morgan fingerprint density at radius 1 is 1.00 bits per heavy atom. The van der Waals surface area contributed by atoms with Gasteiger partial charge in [0.15, 0.2) is 5.82 Å². The highest BCUT2D eigenvalue weighted by atomic mass is 16.5. The molecule has 0 atom stereocenters. The number of hydrogen-bond donors (Lipinski definition) is 2. The summed E-state index contributed by atoms with van der Waals surface area (Å²) in [6, 6.07) is 17.1. The molecule has 2 aromatic carbocycles. The Balaban J connectivity index is 1.84. The van der Waals surface area contributed by atoms with Crippen molar-refractivity contribution in [3.8, 4) is 17.4 Å². The van der Waals surface area contributed by atoms with Crippen molar-refractivity contribution in [2.45, 2.75) is 0 Å². The average molecular weight is 320 g/mol. The Bertz CT molecular complexity index is 833. The highest BCUT2D eigenvalue weighted by Gasteiger charge is 2.08. The van der Waals surface area contributed by atoms with Gasteiger partial charge in [-0.3, -0.25) is 0 Å². The van der Waals surface area contributed by atoms with E-state index in [1.54, 1.807) is 18.3 Å². The zero-order valence-electron chi connectivity index (χ0n) is 13.0. The van der Waals surface area contributed by atoms with Crippen LogP contribution in [0.15, 0.2) is 59.7 Å². The SMILES string of the molecule is COc1nc(N/N=C/c2ccccc2)nc(-c2ccc(N)cc2)n1. The molecule has 0 spiro atoms. The van der Waals surface area contributed by atoms with E-state index in [2.05, 4.69) is 25.5 Å². The van der Waals surface area contributed by atoms with Crippen molar-refractivity contribution in [1.82, 2.24) is 15.0 Å². The minimum atomic E-state index is 0.203. The molecule has 7 nitrogen and oxygen atoms in total. The van der Waals surface area contributed by atoms with E-state index in [1.165, 1.54) is 7.11 Å². The lowest BCUT2D eigenvalue weighted by Gasteiger charge is -2.06. The summed E-state index contributed by atoms with van der Waals surface area (Å²) < 4.78 is 5.13. The van der Waals surface area contributed by atoms with E-state index in [1.807, 2.05) is 42.5 Å². The minimum Gasteiger partial charge on any atom is -0.467 e. The first-order chi connectivity index (χ1) is 11.7. The Kier molecular flexibility index (Phi) is 4.62. The lowest BCUT2D eigenvalue weighted by Crippen LogP contribution is -2.03. The van der Waals surface area contributed by atoms with E-state index in [-0.39, 0.29) is 6.01 Å². The van der Waals surface area contributed by atoms with Crippen LogP contribution in [0.2, 0.25) is 0 Å². The molecule has 0 fully saturated rings. The fraction of sp³-hybridized carbons (Fsp3) is 0.0588. The van der Waals surface area contributed by atoms with E-state index in [0.717, 1.165) is 11.1 Å². The number of nitrogens with two attached hydrogens (primary N) is 1. The zero-order valence-corrected chi connectivity index (χ0v) is 13.0. The summed E-state index contributed by atoms with van der Waals surface area (Å²) in [5, 5.41) is 4.13. The second-order valence-corrected chi connectivity index (χ2v) is 4.87. The molecule has 0 saturated heterocycles. The van der Waals surface area contributed by atoms with Crippen molar-refractivity contribution in [2.24, 2.45) is 5.10 Å². The molecular weight excluding hydrogens is 304 g/mol. The third kappa shape index (κ3) is 3.83. The number of ether oxygens (including phenoxy) is 1. The first-order valence-corrected chi connectivity index (χ1v) is 7.25. The fourth-order valence-electron chi connectivity index (χ4n) is 1.96. The van der Waals surface area contributed by atoms with E-state index in [0.29, 0.717) is 17.5 Å². The normalized spacial score (nSPS) is 10.7. The smallest absolute Gasteiger partial charge is 0.321 e. The van der Waals surface area contributed by atoms with Gasteiger partial charge in [0.1, 0.15) is 0 Å². The summed E-state index contributed by atoms with van der Waals surface area (Å²) in [6.45, 7) is 0. The number of nitrogen functional groups attached to an aromatic ring is 1. The fourth-order valence-corrected chi connectivity index (χ4v) is 1.96. The molecule has 7 heteroatoms. The van der Waals surface area contributed by atoms with E-state index < -0.39 is 0 Å². The van der Waals surface area contributed by atoms with Crippen LogP contribution in [-0.4, -0.2) is 28.3 Å². The summed E-state index contributed by atoms with van der Waals surface area (Å²) in [5.74, 6) is 0.764. The molecule has 1 heterocycles. The number of nitrogens with zero attached hydrogens (tertiary/aromatic N) is 4. The lowest BCUT2D eigenvalue weighted by atomic mass is 10.2. The van der Waals surface area contributed by atoms with Crippen molar-refractivity contribution in [3.63, 3.8) is 0 Å². The highest BCUT2D eigenvalue weighted by molar-refractivity contribution is 5.79. The van der Waals surface area contributed by atoms with Gasteiger partial charge in [0, 0.05) is 11.3 Å². The maximum absolute atomic E-state index is 5.70. The second kappa shape index (κ2) is 7.19. The molecule has 0 aliphatic heterocycles. The number of anilines is 2. The van der Waals surface area contributed by atoms with Gasteiger partial charge in [0.05, 0.1) is 13.3 Å². The molecule has 0 aliphatic rings. The second-order valence-electron chi connectivity index (χ2n) is 4.87. The molecule has 0 amide bonds. The first-order valence-electron chi connectivity index (χ1n) is 7.25. The third-order valence-electron chi connectivity index (χ3n) is 3.14. The Hall–Kier alpha value is -3.48. The monoisotopic (exact) mass is 320 g/mol. The Labute approximate surface area is 139 Å². The van der Waals surface area contributed by atoms with Crippen LogP contribution in [-0.2, 0) is 0 Å². The lowest BCUT2D eigenvalue weighted by molar-refractivity contribution is 0.379. The van der Waals surface area contributed by atoms with Crippen molar-refractivity contribution >= 4 is 17.9 Å². The summed E-state index contributed by atoms with van der Waals surface area (Å²) in [7, 11) is 1.50. The van der Waals surface area contributed by atoms with Crippen LogP contribution in [0.1, 0.15) is 5.56 Å². The van der Waals surface area contributed by atoms with Crippen molar-refractivity contribution in [1.29, 1.82) is 0 Å². The number of hydrazone groups is 1. The summed E-state index contributed by atoms with van der Waals surface area (Å²) >= 11 is 0. The molecule has 1 aromatic heterocycles. The van der Waals surface area contributed by atoms with Crippen LogP contribution in [0, 0.1) is 0 Å². The van der Waals surface area contributed by atoms with Gasteiger partial charge in [-0.2, -0.15) is 20.1 Å².